The molecule has 1 saturated heterocycles. The first-order valence-corrected chi connectivity index (χ1v) is 17.4. The molecule has 7 rings (SSSR count). The Balaban J connectivity index is 1.54. The lowest BCUT2D eigenvalue weighted by atomic mass is 9.92. The van der Waals surface area contributed by atoms with Crippen molar-refractivity contribution in [2.75, 3.05) is 24.6 Å². The van der Waals surface area contributed by atoms with Gasteiger partial charge in [-0.15, -0.1) is 0 Å². The van der Waals surface area contributed by atoms with Gasteiger partial charge in [0.2, 0.25) is 0 Å². The van der Waals surface area contributed by atoms with Gasteiger partial charge in [-0.05, 0) is 134 Å². The fraction of sp³-hybridized carbons (Fsp3) is 0.500. The molecule has 256 valence electrons. The smallest absolute Gasteiger partial charge is 0.337 e. The number of aromatic nitrogens is 2. The maximum atomic E-state index is 12.9. The Morgan fingerprint density at radius 1 is 1.02 bits per heavy atom. The van der Waals surface area contributed by atoms with Crippen LogP contribution in [0.4, 0.5) is 5.82 Å². The van der Waals surface area contributed by atoms with Crippen LogP contribution in [0.5, 0.6) is 5.75 Å². The van der Waals surface area contributed by atoms with Crippen molar-refractivity contribution in [3.05, 3.63) is 70.9 Å². The summed E-state index contributed by atoms with van der Waals surface area (Å²) in [5.74, 6) is 0.711. The maximum absolute atomic E-state index is 12.9. The van der Waals surface area contributed by atoms with E-state index in [2.05, 4.69) is 73.4 Å². The van der Waals surface area contributed by atoms with Crippen molar-refractivity contribution < 1.29 is 24.1 Å². The van der Waals surface area contributed by atoms with E-state index in [1.165, 1.54) is 11.1 Å². The first-order chi connectivity index (χ1) is 22.7. The number of benzene rings is 2. The van der Waals surface area contributed by atoms with Crippen molar-refractivity contribution >= 4 is 17.4 Å². The van der Waals surface area contributed by atoms with Gasteiger partial charge >= 0.3 is 5.97 Å². The molecule has 5 heterocycles. The highest BCUT2D eigenvalue weighted by atomic mass is 16.5. The van der Waals surface area contributed by atoms with E-state index in [0.717, 1.165) is 90.4 Å². The molecular formula is C40H51N3O5. The van der Waals surface area contributed by atoms with E-state index >= 15 is 0 Å². The summed E-state index contributed by atoms with van der Waals surface area (Å²) in [6, 6.07) is 14.8. The zero-order valence-electron chi connectivity index (χ0n) is 29.9. The largest absolute Gasteiger partial charge is 0.490 e. The number of hydrogen-bond donors (Lipinski definition) is 1. The summed E-state index contributed by atoms with van der Waals surface area (Å²) >= 11 is 0. The van der Waals surface area contributed by atoms with E-state index in [9.17, 15) is 9.90 Å². The lowest BCUT2D eigenvalue weighted by molar-refractivity contribution is -0.160. The third-order valence-electron chi connectivity index (χ3n) is 9.90. The fourth-order valence-electron chi connectivity index (χ4n) is 7.04. The molecule has 8 heteroatoms. The Morgan fingerprint density at radius 2 is 1.73 bits per heavy atom. The number of pyridine rings is 1. The second kappa shape index (κ2) is 13.2. The number of nitrogens with zero attached hydrogens (tertiary/aromatic N) is 3. The van der Waals surface area contributed by atoms with Gasteiger partial charge in [0.25, 0.3) is 0 Å². The van der Waals surface area contributed by atoms with Crippen molar-refractivity contribution in [1.82, 2.24) is 9.38 Å². The van der Waals surface area contributed by atoms with Gasteiger partial charge in [-0.1, -0.05) is 18.2 Å². The predicted molar refractivity (Wildman–Crippen MR) is 191 cm³/mol. The number of imidazole rings is 1. The summed E-state index contributed by atoms with van der Waals surface area (Å²) in [6.07, 6.45) is 5.59. The van der Waals surface area contributed by atoms with E-state index in [0.29, 0.717) is 12.2 Å². The summed E-state index contributed by atoms with van der Waals surface area (Å²) in [5.41, 5.74) is 7.71. The molecule has 4 aromatic rings. The highest BCUT2D eigenvalue weighted by molar-refractivity contribution is 5.81. The Morgan fingerprint density at radius 3 is 2.44 bits per heavy atom. The van der Waals surface area contributed by atoms with Crippen LogP contribution in [-0.2, 0) is 14.3 Å². The second-order valence-corrected chi connectivity index (χ2v) is 15.1. The van der Waals surface area contributed by atoms with Crippen molar-refractivity contribution in [2.45, 2.75) is 111 Å². The molecule has 3 aliphatic rings. The minimum absolute atomic E-state index is 0.0737. The summed E-state index contributed by atoms with van der Waals surface area (Å²) in [4.78, 5) is 20.3. The first-order valence-electron chi connectivity index (χ1n) is 17.4. The minimum atomic E-state index is -1.14. The molecule has 1 N–H and O–H groups in total. The minimum Gasteiger partial charge on any atom is -0.490 e. The monoisotopic (exact) mass is 653 g/mol. The van der Waals surface area contributed by atoms with Crippen molar-refractivity contribution in [2.24, 2.45) is 0 Å². The maximum Gasteiger partial charge on any atom is 0.337 e. The molecule has 2 aromatic heterocycles. The summed E-state index contributed by atoms with van der Waals surface area (Å²) in [6.45, 7) is 18.5. The Bertz CT molecular complexity index is 1810. The molecule has 0 aliphatic carbocycles. The van der Waals surface area contributed by atoms with Crippen LogP contribution in [0.15, 0.2) is 48.7 Å². The number of hydrogen-bond acceptors (Lipinski definition) is 6. The van der Waals surface area contributed by atoms with Crippen LogP contribution in [0.25, 0.3) is 28.0 Å². The highest BCUT2D eigenvalue weighted by Crippen LogP contribution is 2.40. The topological polar surface area (TPSA) is 85.5 Å². The van der Waals surface area contributed by atoms with Crippen molar-refractivity contribution in [3.63, 3.8) is 0 Å². The SMILES string of the molecule is Cc1cc2c(cc1C)-c1cccc(c1)-c1cn3c(c([C@H](OC(C)(C)C)C(=O)O)c(C)cc3n1)N1CCC(C)(CC1)OCCCC[C@@H](C)O2. The number of piperidine rings is 1. The molecule has 2 atom stereocenters. The van der Waals surface area contributed by atoms with E-state index < -0.39 is 17.7 Å². The zero-order valence-corrected chi connectivity index (χ0v) is 29.9. The third-order valence-corrected chi connectivity index (χ3v) is 9.90. The molecule has 0 unspecified atom stereocenters. The molecule has 3 aliphatic heterocycles. The van der Waals surface area contributed by atoms with Gasteiger partial charge in [0.15, 0.2) is 6.10 Å². The number of anilines is 1. The molecule has 0 spiro atoms. The Kier molecular flexibility index (Phi) is 9.35. The lowest BCUT2D eigenvalue weighted by Gasteiger charge is -2.41. The van der Waals surface area contributed by atoms with Crippen molar-refractivity contribution in [1.29, 1.82) is 0 Å². The molecule has 0 amide bonds. The van der Waals surface area contributed by atoms with E-state index in [-0.39, 0.29) is 11.7 Å². The van der Waals surface area contributed by atoms with E-state index in [1.807, 2.05) is 40.0 Å². The van der Waals surface area contributed by atoms with Gasteiger partial charge in [0.05, 0.1) is 23.0 Å². The molecule has 6 bridgehead atoms. The van der Waals surface area contributed by atoms with Crippen LogP contribution in [0.2, 0.25) is 0 Å². The van der Waals surface area contributed by atoms with Gasteiger partial charge in [-0.25, -0.2) is 9.78 Å². The number of carboxylic acid groups (broad SMARTS) is 1. The summed E-state index contributed by atoms with van der Waals surface area (Å²) < 4.78 is 21.5. The Hall–Kier alpha value is -3.88. The number of carboxylic acids is 1. The van der Waals surface area contributed by atoms with Gasteiger partial charge in [0.1, 0.15) is 17.2 Å². The highest BCUT2D eigenvalue weighted by Gasteiger charge is 2.37. The molecule has 2 aromatic carbocycles. The second-order valence-electron chi connectivity index (χ2n) is 15.1. The number of rotatable bonds is 3. The third kappa shape index (κ3) is 7.10. The fourth-order valence-corrected chi connectivity index (χ4v) is 7.04. The number of ether oxygens (including phenoxy) is 3. The van der Waals surface area contributed by atoms with Gasteiger partial charge in [-0.3, -0.25) is 4.40 Å². The zero-order chi connectivity index (χ0) is 34.4. The molecule has 1 fully saturated rings. The standard InChI is InChI=1S/C40H51N3O5/c1-25-20-31-29-13-11-14-30(23-29)32-24-43-34(41-32)22-27(3)35(36(38(44)45)48-39(5,6)7)37(43)42-17-15-40(8,16-18-42)46-19-10-9-12-28(4)47-33(31)21-26(25)2/h11,13-14,20-24,28,36H,9-10,12,15-19H2,1-8H3,(H,44,45)/t28-,36+/m1/s1. The molecular weight excluding hydrogens is 602 g/mol. The summed E-state index contributed by atoms with van der Waals surface area (Å²) in [5, 5.41) is 10.5. The number of aliphatic carboxylic acids is 1. The summed E-state index contributed by atoms with van der Waals surface area (Å²) in [7, 11) is 0. The molecule has 0 saturated carbocycles. The first kappa shape index (κ1) is 34.0. The number of fused-ring (bicyclic) bond motifs is 8. The van der Waals surface area contributed by atoms with Crippen LogP contribution in [0, 0.1) is 20.8 Å². The quantitative estimate of drug-likeness (QED) is 0.236. The number of carbonyl (C=O) groups is 1. The van der Waals surface area contributed by atoms with Gasteiger partial charge in [-0.2, -0.15) is 0 Å². The van der Waals surface area contributed by atoms with Crippen LogP contribution >= 0.6 is 0 Å². The molecule has 8 nitrogen and oxygen atoms in total. The van der Waals surface area contributed by atoms with Gasteiger partial charge in [0, 0.05) is 42.6 Å². The average molecular weight is 654 g/mol. The number of aryl methyl sites for hydroxylation is 3. The van der Waals surface area contributed by atoms with Crippen LogP contribution in [0.1, 0.15) is 95.1 Å². The normalized spacial score (nSPS) is 21.2. The average Bonchev–Trinajstić information content (AvgIpc) is 3.44. The van der Waals surface area contributed by atoms with E-state index in [1.54, 1.807) is 0 Å². The van der Waals surface area contributed by atoms with Crippen molar-refractivity contribution in [3.8, 4) is 28.1 Å². The van der Waals surface area contributed by atoms with Crippen LogP contribution in [0.3, 0.4) is 0 Å². The molecule has 48 heavy (non-hydrogen) atoms. The van der Waals surface area contributed by atoms with Gasteiger partial charge < -0.3 is 24.2 Å². The molecule has 0 radical (unpaired) electrons. The lowest BCUT2D eigenvalue weighted by Crippen LogP contribution is -2.45. The van der Waals surface area contributed by atoms with Crippen LogP contribution < -0.4 is 9.64 Å². The van der Waals surface area contributed by atoms with E-state index in [4.69, 9.17) is 19.2 Å². The predicted octanol–water partition coefficient (Wildman–Crippen LogP) is 8.86. The Labute approximate surface area is 285 Å². The van der Waals surface area contributed by atoms with Crippen LogP contribution in [-0.4, -0.2) is 57.5 Å².